The van der Waals surface area contributed by atoms with Crippen LogP contribution < -0.4 is 10.5 Å². The van der Waals surface area contributed by atoms with Crippen molar-refractivity contribution in [3.8, 4) is 5.75 Å². The fourth-order valence-electron chi connectivity index (χ4n) is 1.46. The summed E-state index contributed by atoms with van der Waals surface area (Å²) in [4.78, 5) is 14.4. The SMILES string of the molecule is CN=C(/C=C\N)c1cccc([N+](=O)[O-])c1OC. The Balaban J connectivity index is 3.43. The number of rotatable bonds is 4. The first kappa shape index (κ1) is 12.7. The van der Waals surface area contributed by atoms with Crippen molar-refractivity contribution in [1.82, 2.24) is 0 Å². The van der Waals surface area contributed by atoms with Crippen molar-refractivity contribution in [3.05, 3.63) is 46.2 Å². The molecule has 6 nitrogen and oxygen atoms in total. The third kappa shape index (κ3) is 2.60. The van der Waals surface area contributed by atoms with Crippen molar-refractivity contribution in [2.75, 3.05) is 14.2 Å². The Morgan fingerprint density at radius 3 is 2.76 bits per heavy atom. The fraction of sp³-hybridized carbons (Fsp3) is 0.182. The highest BCUT2D eigenvalue weighted by Crippen LogP contribution is 2.31. The average Bonchev–Trinajstić information content (AvgIpc) is 2.34. The van der Waals surface area contributed by atoms with Gasteiger partial charge in [-0.25, -0.2) is 0 Å². The number of methoxy groups -OCH3 is 1. The third-order valence-electron chi connectivity index (χ3n) is 2.17. The van der Waals surface area contributed by atoms with Crippen molar-refractivity contribution in [2.24, 2.45) is 10.7 Å². The first-order chi connectivity index (χ1) is 8.15. The normalized spacial score (nSPS) is 11.8. The largest absolute Gasteiger partial charge is 0.490 e. The van der Waals surface area contributed by atoms with Crippen LogP contribution in [0.15, 0.2) is 35.5 Å². The van der Waals surface area contributed by atoms with Crippen LogP contribution in [-0.4, -0.2) is 24.8 Å². The first-order valence-electron chi connectivity index (χ1n) is 4.82. The second-order valence-electron chi connectivity index (χ2n) is 3.08. The fourth-order valence-corrected chi connectivity index (χ4v) is 1.46. The summed E-state index contributed by atoms with van der Waals surface area (Å²) in [5.74, 6) is 0.177. The van der Waals surface area contributed by atoms with E-state index in [-0.39, 0.29) is 11.4 Å². The van der Waals surface area contributed by atoms with Crippen molar-refractivity contribution < 1.29 is 9.66 Å². The van der Waals surface area contributed by atoms with Crippen LogP contribution in [-0.2, 0) is 0 Å². The van der Waals surface area contributed by atoms with Crippen LogP contribution in [0, 0.1) is 10.1 Å². The molecule has 17 heavy (non-hydrogen) atoms. The molecule has 1 aromatic carbocycles. The lowest BCUT2D eigenvalue weighted by molar-refractivity contribution is -0.385. The smallest absolute Gasteiger partial charge is 0.311 e. The van der Waals surface area contributed by atoms with Gasteiger partial charge >= 0.3 is 5.69 Å². The molecule has 0 saturated carbocycles. The standard InChI is InChI=1S/C11H13N3O3/c1-13-9(6-7-12)8-4-3-5-10(14(15)16)11(8)17-2/h3-7H,12H2,1-2H3/b7-6-,13-9?. The summed E-state index contributed by atoms with van der Waals surface area (Å²) >= 11 is 0. The van der Waals surface area contributed by atoms with E-state index < -0.39 is 4.92 Å². The van der Waals surface area contributed by atoms with Crippen molar-refractivity contribution >= 4 is 11.4 Å². The van der Waals surface area contributed by atoms with Crippen LogP contribution in [0.25, 0.3) is 0 Å². The van der Waals surface area contributed by atoms with Gasteiger partial charge in [-0.3, -0.25) is 15.1 Å². The number of nitrogens with zero attached hydrogens (tertiary/aromatic N) is 2. The van der Waals surface area contributed by atoms with Crippen LogP contribution in [0.1, 0.15) is 5.56 Å². The Bertz CT molecular complexity index is 481. The van der Waals surface area contributed by atoms with Gasteiger partial charge in [-0.15, -0.1) is 0 Å². The molecule has 0 fully saturated rings. The molecule has 6 heteroatoms. The number of hydrogen-bond acceptors (Lipinski definition) is 5. The molecule has 0 aliphatic rings. The maximum atomic E-state index is 10.8. The number of hydrogen-bond donors (Lipinski definition) is 1. The zero-order valence-electron chi connectivity index (χ0n) is 9.58. The van der Waals surface area contributed by atoms with Crippen molar-refractivity contribution in [3.63, 3.8) is 0 Å². The Kier molecular flexibility index (Phi) is 4.21. The Labute approximate surface area is 98.6 Å². The lowest BCUT2D eigenvalue weighted by Gasteiger charge is -2.08. The molecule has 0 aromatic heterocycles. The topological polar surface area (TPSA) is 90.8 Å². The predicted octanol–water partition coefficient (Wildman–Crippen LogP) is 1.49. The van der Waals surface area contributed by atoms with Crippen LogP contribution >= 0.6 is 0 Å². The average molecular weight is 235 g/mol. The van der Waals surface area contributed by atoms with Gasteiger partial charge in [-0.2, -0.15) is 0 Å². The van der Waals surface area contributed by atoms with E-state index in [1.54, 1.807) is 25.3 Å². The van der Waals surface area contributed by atoms with Gasteiger partial charge < -0.3 is 10.5 Å². The maximum Gasteiger partial charge on any atom is 0.311 e. The molecule has 0 heterocycles. The Morgan fingerprint density at radius 1 is 1.59 bits per heavy atom. The van der Waals surface area contributed by atoms with Gasteiger partial charge in [-0.05, 0) is 18.3 Å². The quantitative estimate of drug-likeness (QED) is 0.486. The van der Waals surface area contributed by atoms with E-state index in [1.807, 2.05) is 0 Å². The van der Waals surface area contributed by atoms with Gasteiger partial charge in [0.2, 0.25) is 5.75 Å². The van der Waals surface area contributed by atoms with E-state index in [2.05, 4.69) is 4.99 Å². The van der Waals surface area contributed by atoms with E-state index in [9.17, 15) is 10.1 Å². The van der Waals surface area contributed by atoms with E-state index in [0.717, 1.165) is 0 Å². The predicted molar refractivity (Wildman–Crippen MR) is 65.4 cm³/mol. The summed E-state index contributed by atoms with van der Waals surface area (Å²) in [7, 11) is 2.96. The molecule has 1 aromatic rings. The molecule has 90 valence electrons. The molecule has 0 aliphatic carbocycles. The number of nitro groups is 1. The molecule has 0 unspecified atom stereocenters. The zero-order valence-corrected chi connectivity index (χ0v) is 9.58. The monoisotopic (exact) mass is 235 g/mol. The third-order valence-corrected chi connectivity index (χ3v) is 2.17. The lowest BCUT2D eigenvalue weighted by Crippen LogP contribution is -2.04. The molecular formula is C11H13N3O3. The molecule has 0 saturated heterocycles. The van der Waals surface area contributed by atoms with Gasteiger partial charge in [-0.1, -0.05) is 6.07 Å². The van der Waals surface area contributed by atoms with E-state index >= 15 is 0 Å². The van der Waals surface area contributed by atoms with Gasteiger partial charge in [0.25, 0.3) is 0 Å². The summed E-state index contributed by atoms with van der Waals surface area (Å²) in [5, 5.41) is 10.8. The molecule has 1 rings (SSSR count). The second-order valence-corrected chi connectivity index (χ2v) is 3.08. The summed E-state index contributed by atoms with van der Waals surface area (Å²) < 4.78 is 5.07. The molecule has 0 bridgehead atoms. The van der Waals surface area contributed by atoms with E-state index in [0.29, 0.717) is 11.3 Å². The molecule has 0 aliphatic heterocycles. The minimum atomic E-state index is -0.498. The van der Waals surface area contributed by atoms with Gasteiger partial charge in [0.1, 0.15) is 0 Å². The summed E-state index contributed by atoms with van der Waals surface area (Å²) in [5.41, 5.74) is 6.25. The Morgan fingerprint density at radius 2 is 2.29 bits per heavy atom. The lowest BCUT2D eigenvalue weighted by atomic mass is 10.1. The Hall–Kier alpha value is -2.37. The van der Waals surface area contributed by atoms with Crippen molar-refractivity contribution in [1.29, 1.82) is 0 Å². The van der Waals surface area contributed by atoms with Crippen LogP contribution in [0.2, 0.25) is 0 Å². The minimum absolute atomic E-state index is 0.100. The number of para-hydroxylation sites is 1. The highest BCUT2D eigenvalue weighted by atomic mass is 16.6. The molecular weight excluding hydrogens is 222 g/mol. The number of benzene rings is 1. The number of nitrogens with two attached hydrogens (primary N) is 1. The molecule has 0 amide bonds. The summed E-state index contributed by atoms with van der Waals surface area (Å²) in [6.07, 6.45) is 2.88. The number of allylic oxidation sites excluding steroid dienone is 1. The minimum Gasteiger partial charge on any atom is -0.490 e. The summed E-state index contributed by atoms with van der Waals surface area (Å²) in [6, 6.07) is 4.64. The molecule has 0 radical (unpaired) electrons. The molecule has 2 N–H and O–H groups in total. The van der Waals surface area contributed by atoms with Crippen LogP contribution in [0.5, 0.6) is 5.75 Å². The van der Waals surface area contributed by atoms with Gasteiger partial charge in [0.15, 0.2) is 0 Å². The zero-order chi connectivity index (χ0) is 12.8. The first-order valence-corrected chi connectivity index (χ1v) is 4.82. The van der Waals surface area contributed by atoms with Gasteiger partial charge in [0.05, 0.1) is 17.7 Å². The molecule has 0 atom stereocenters. The van der Waals surface area contributed by atoms with Crippen LogP contribution in [0.3, 0.4) is 0 Å². The number of ether oxygens (including phenoxy) is 1. The van der Waals surface area contributed by atoms with E-state index in [4.69, 9.17) is 10.5 Å². The second kappa shape index (κ2) is 5.64. The van der Waals surface area contributed by atoms with Crippen molar-refractivity contribution in [2.45, 2.75) is 0 Å². The maximum absolute atomic E-state index is 10.8. The highest BCUT2D eigenvalue weighted by molar-refractivity contribution is 6.11. The summed E-state index contributed by atoms with van der Waals surface area (Å²) in [6.45, 7) is 0. The van der Waals surface area contributed by atoms with Crippen LogP contribution in [0.4, 0.5) is 5.69 Å². The van der Waals surface area contributed by atoms with Gasteiger partial charge in [0, 0.05) is 18.7 Å². The number of nitro benzene ring substituents is 1. The van der Waals surface area contributed by atoms with E-state index in [1.165, 1.54) is 19.4 Å². The number of aliphatic imine (C=N–C) groups is 1. The molecule has 0 spiro atoms. The highest BCUT2D eigenvalue weighted by Gasteiger charge is 2.19.